The molecular formula is C46H64O4. The van der Waals surface area contributed by atoms with Crippen LogP contribution in [0.15, 0.2) is 48.5 Å². The summed E-state index contributed by atoms with van der Waals surface area (Å²) in [4.78, 5) is 0. The zero-order chi connectivity index (χ0) is 38.3. The number of rotatable bonds is 4. The molecule has 0 amide bonds. The topological polar surface area (TPSA) is 80.9 Å². The van der Waals surface area contributed by atoms with Gasteiger partial charge in [-0.1, -0.05) is 132 Å². The van der Waals surface area contributed by atoms with Crippen molar-refractivity contribution in [3.05, 3.63) is 115 Å². The molecule has 0 unspecified atom stereocenters. The second-order valence-corrected chi connectivity index (χ2v) is 18.6. The summed E-state index contributed by atoms with van der Waals surface area (Å²) in [6, 6.07) is 16.7. The Bertz CT molecular complexity index is 1600. The number of hydrogen-bond donors (Lipinski definition) is 4. The minimum absolute atomic E-state index is 0.151. The van der Waals surface area contributed by atoms with Gasteiger partial charge in [0.1, 0.15) is 23.0 Å². The summed E-state index contributed by atoms with van der Waals surface area (Å²) in [5, 5.41) is 41.7. The Morgan fingerprint density at radius 1 is 0.320 bits per heavy atom. The molecule has 4 heteroatoms. The second kappa shape index (κ2) is 14.4. The highest BCUT2D eigenvalue weighted by Gasteiger charge is 2.29. The number of hydrogen-bond acceptors (Lipinski definition) is 4. The highest BCUT2D eigenvalue weighted by Crippen LogP contribution is 2.42. The van der Waals surface area contributed by atoms with Crippen molar-refractivity contribution in [1.82, 2.24) is 0 Å². The van der Waals surface area contributed by atoms with Crippen molar-refractivity contribution in [2.75, 3.05) is 0 Å². The number of phenols is 4. The molecule has 0 aliphatic carbocycles. The largest absolute Gasteiger partial charge is 0.507 e. The summed E-state index contributed by atoms with van der Waals surface area (Å²) in [7, 11) is 0. The Morgan fingerprint density at radius 2 is 0.500 bits per heavy atom. The first-order chi connectivity index (χ1) is 22.6. The van der Waals surface area contributed by atoms with Gasteiger partial charge in [-0.2, -0.15) is 0 Å². The van der Waals surface area contributed by atoms with Gasteiger partial charge in [-0.15, -0.1) is 0 Å². The first kappa shape index (κ1) is 40.5. The predicted molar refractivity (Wildman–Crippen MR) is 212 cm³/mol. The summed E-state index contributed by atoms with van der Waals surface area (Å²) >= 11 is 0. The SMILES string of the molecule is CC(C)(C)c1cc(Cc2cc(C(C)(C)C)c(O)c(C(C)(C)C)c2)cc(C(C)(C)C)c1O.Cc1cc(Cc2cc(C)c(O)c(C)c2)cc(C)c1O. The van der Waals surface area contributed by atoms with Crippen LogP contribution in [0.25, 0.3) is 0 Å². The van der Waals surface area contributed by atoms with Gasteiger partial charge in [-0.05, 0) is 129 Å². The van der Waals surface area contributed by atoms with Crippen molar-refractivity contribution in [1.29, 1.82) is 0 Å². The molecule has 0 fully saturated rings. The molecule has 0 spiro atoms. The van der Waals surface area contributed by atoms with E-state index in [1.807, 2.05) is 52.0 Å². The fourth-order valence-corrected chi connectivity index (χ4v) is 6.65. The van der Waals surface area contributed by atoms with Crippen molar-refractivity contribution >= 4 is 0 Å². The van der Waals surface area contributed by atoms with Gasteiger partial charge >= 0.3 is 0 Å². The minimum Gasteiger partial charge on any atom is -0.507 e. The number of aryl methyl sites for hydroxylation is 4. The van der Waals surface area contributed by atoms with Crippen LogP contribution in [-0.2, 0) is 34.5 Å². The van der Waals surface area contributed by atoms with E-state index in [9.17, 15) is 20.4 Å². The van der Waals surface area contributed by atoms with Crippen molar-refractivity contribution < 1.29 is 20.4 Å². The highest BCUT2D eigenvalue weighted by molar-refractivity contribution is 5.54. The van der Waals surface area contributed by atoms with E-state index >= 15 is 0 Å². The van der Waals surface area contributed by atoms with Gasteiger partial charge in [-0.25, -0.2) is 0 Å². The van der Waals surface area contributed by atoms with Gasteiger partial charge < -0.3 is 20.4 Å². The average Bonchev–Trinajstić information content (AvgIpc) is 2.94. The zero-order valence-electron chi connectivity index (χ0n) is 33.8. The van der Waals surface area contributed by atoms with Gasteiger partial charge in [0, 0.05) is 0 Å². The van der Waals surface area contributed by atoms with E-state index in [-0.39, 0.29) is 21.7 Å². The summed E-state index contributed by atoms with van der Waals surface area (Å²) < 4.78 is 0. The maximum absolute atomic E-state index is 11.1. The lowest BCUT2D eigenvalue weighted by molar-refractivity contribution is 0.422. The molecular weight excluding hydrogens is 617 g/mol. The predicted octanol–water partition coefficient (Wildman–Crippen LogP) is 11.8. The Kier molecular flexibility index (Phi) is 11.6. The molecule has 0 bridgehead atoms. The second-order valence-electron chi connectivity index (χ2n) is 18.6. The van der Waals surface area contributed by atoms with E-state index in [1.54, 1.807) is 0 Å². The van der Waals surface area contributed by atoms with Crippen molar-refractivity contribution in [2.24, 2.45) is 0 Å². The Hall–Kier alpha value is -3.92. The summed E-state index contributed by atoms with van der Waals surface area (Å²) in [6.45, 7) is 33.4. The first-order valence-electron chi connectivity index (χ1n) is 17.9. The lowest BCUT2D eigenvalue weighted by Gasteiger charge is -2.29. The van der Waals surface area contributed by atoms with E-state index in [4.69, 9.17) is 0 Å². The number of aromatic hydroxyl groups is 4. The van der Waals surface area contributed by atoms with Crippen LogP contribution in [0.4, 0.5) is 0 Å². The molecule has 0 saturated heterocycles. The fourth-order valence-electron chi connectivity index (χ4n) is 6.65. The van der Waals surface area contributed by atoms with Crippen LogP contribution in [0.5, 0.6) is 23.0 Å². The third kappa shape index (κ3) is 9.65. The summed E-state index contributed by atoms with van der Waals surface area (Å²) in [5.74, 6) is 1.59. The van der Waals surface area contributed by atoms with E-state index in [0.717, 1.165) is 57.3 Å². The Labute approximate surface area is 303 Å². The highest BCUT2D eigenvalue weighted by atomic mass is 16.3. The van der Waals surface area contributed by atoms with Crippen LogP contribution in [-0.4, -0.2) is 20.4 Å². The van der Waals surface area contributed by atoms with E-state index < -0.39 is 0 Å². The summed E-state index contributed by atoms with van der Waals surface area (Å²) in [6.07, 6.45) is 1.57. The molecule has 0 radical (unpaired) electrons. The molecule has 50 heavy (non-hydrogen) atoms. The van der Waals surface area contributed by atoms with Crippen molar-refractivity contribution in [3.63, 3.8) is 0 Å². The molecule has 0 aliphatic heterocycles. The third-order valence-corrected chi connectivity index (χ3v) is 9.49. The zero-order valence-corrected chi connectivity index (χ0v) is 33.8. The maximum atomic E-state index is 11.1. The first-order valence-corrected chi connectivity index (χ1v) is 17.9. The van der Waals surface area contributed by atoms with Crippen LogP contribution in [0.1, 0.15) is 150 Å². The van der Waals surface area contributed by atoms with Crippen LogP contribution < -0.4 is 0 Å². The van der Waals surface area contributed by atoms with Crippen molar-refractivity contribution in [2.45, 2.75) is 145 Å². The van der Waals surface area contributed by atoms with Gasteiger partial charge in [0.05, 0.1) is 0 Å². The summed E-state index contributed by atoms with van der Waals surface area (Å²) in [5.41, 5.74) is 11.7. The lowest BCUT2D eigenvalue weighted by Crippen LogP contribution is -2.19. The van der Waals surface area contributed by atoms with Crippen LogP contribution in [0, 0.1) is 27.7 Å². The molecule has 0 atom stereocenters. The maximum Gasteiger partial charge on any atom is 0.123 e. The standard InChI is InChI=1S/C29H44O2.C17H20O2/c1-26(2,3)20-14-18(15-21(24(20)30)27(4,5)6)13-19-16-22(28(7,8)9)25(31)23(17-19)29(10,11)12;1-10-5-14(6-11(2)16(10)18)9-15-7-12(3)17(19)13(4)8-15/h14-17,30-31H,13H2,1-12H3;5-8,18-19H,9H2,1-4H3. The van der Waals surface area contributed by atoms with Crippen LogP contribution in [0.3, 0.4) is 0 Å². The fraction of sp³-hybridized carbons (Fsp3) is 0.478. The van der Waals surface area contributed by atoms with Gasteiger partial charge in [0.15, 0.2) is 0 Å². The van der Waals surface area contributed by atoms with Gasteiger partial charge in [-0.3, -0.25) is 0 Å². The molecule has 4 rings (SSSR count). The minimum atomic E-state index is -0.151. The van der Waals surface area contributed by atoms with Crippen LogP contribution >= 0.6 is 0 Å². The molecule has 0 aliphatic rings. The molecule has 4 aromatic carbocycles. The smallest absolute Gasteiger partial charge is 0.123 e. The van der Waals surface area contributed by atoms with E-state index in [2.05, 4.69) is 107 Å². The monoisotopic (exact) mass is 680 g/mol. The van der Waals surface area contributed by atoms with Crippen LogP contribution in [0.2, 0.25) is 0 Å². The molecule has 4 nitrogen and oxygen atoms in total. The Balaban J connectivity index is 0.000000303. The van der Waals surface area contributed by atoms with Gasteiger partial charge in [0.25, 0.3) is 0 Å². The third-order valence-electron chi connectivity index (χ3n) is 9.49. The normalized spacial score (nSPS) is 12.5. The van der Waals surface area contributed by atoms with E-state index in [1.165, 1.54) is 22.3 Å². The quantitative estimate of drug-likeness (QED) is 0.173. The molecule has 4 aromatic rings. The number of benzene rings is 4. The molecule has 4 N–H and O–H groups in total. The molecule has 272 valence electrons. The lowest BCUT2D eigenvalue weighted by atomic mass is 9.76. The molecule has 0 aromatic heterocycles. The van der Waals surface area contributed by atoms with Gasteiger partial charge in [0.2, 0.25) is 0 Å². The number of phenolic OH excluding ortho intramolecular Hbond substituents is 4. The molecule has 0 saturated carbocycles. The molecule has 0 heterocycles. The average molecular weight is 681 g/mol. The van der Waals surface area contributed by atoms with Crippen molar-refractivity contribution in [3.8, 4) is 23.0 Å². The van der Waals surface area contributed by atoms with E-state index in [0.29, 0.717) is 23.0 Å². The Morgan fingerprint density at radius 3 is 0.680 bits per heavy atom.